The normalized spacial score (nSPS) is 12.8. The summed E-state index contributed by atoms with van der Waals surface area (Å²) in [5, 5.41) is 10.7. The smallest absolute Gasteiger partial charge is 0.170 e. The summed E-state index contributed by atoms with van der Waals surface area (Å²) in [6, 6.07) is 11.6. The first-order valence-corrected chi connectivity index (χ1v) is 5.76. The number of furan rings is 1. The Morgan fingerprint density at radius 2 is 1.74 bits per heavy atom. The van der Waals surface area contributed by atoms with E-state index in [1.807, 2.05) is 0 Å². The Morgan fingerprint density at radius 1 is 1.00 bits per heavy atom. The van der Waals surface area contributed by atoms with Gasteiger partial charge in [-0.15, -0.1) is 0 Å². The van der Waals surface area contributed by atoms with Gasteiger partial charge in [0.2, 0.25) is 0 Å². The van der Waals surface area contributed by atoms with Crippen molar-refractivity contribution < 1.29 is 18.3 Å². The van der Waals surface area contributed by atoms with E-state index in [1.165, 1.54) is 30.3 Å². The molecule has 0 radical (unpaired) electrons. The molecule has 19 heavy (non-hydrogen) atoms. The van der Waals surface area contributed by atoms with Crippen LogP contribution >= 0.6 is 0 Å². The second-order valence-corrected chi connectivity index (χ2v) is 4.26. The molecule has 0 aliphatic rings. The zero-order chi connectivity index (χ0) is 13.4. The monoisotopic (exact) mass is 260 g/mol. The van der Waals surface area contributed by atoms with E-state index in [4.69, 9.17) is 4.42 Å². The quantitative estimate of drug-likeness (QED) is 0.760. The maximum atomic E-state index is 13.5. The highest BCUT2D eigenvalue weighted by atomic mass is 19.1. The fourth-order valence-corrected chi connectivity index (χ4v) is 1.99. The average molecular weight is 260 g/mol. The highest BCUT2D eigenvalue weighted by Gasteiger charge is 2.17. The van der Waals surface area contributed by atoms with Gasteiger partial charge in [-0.2, -0.15) is 0 Å². The first-order chi connectivity index (χ1) is 9.15. The molecular formula is C15H10F2O2. The van der Waals surface area contributed by atoms with Crippen LogP contribution in [0.1, 0.15) is 17.4 Å². The molecule has 0 saturated heterocycles. The fourth-order valence-electron chi connectivity index (χ4n) is 1.99. The minimum absolute atomic E-state index is 0.110. The molecule has 3 aromatic rings. The third kappa shape index (κ3) is 2.11. The number of fused-ring (bicyclic) bond motifs is 1. The third-order valence-electron chi connectivity index (χ3n) is 2.97. The first kappa shape index (κ1) is 11.9. The van der Waals surface area contributed by atoms with Gasteiger partial charge in [0.1, 0.15) is 17.7 Å². The maximum absolute atomic E-state index is 13.5. The van der Waals surface area contributed by atoms with E-state index in [0.717, 1.165) is 0 Å². The van der Waals surface area contributed by atoms with E-state index < -0.39 is 11.9 Å². The van der Waals surface area contributed by atoms with Crippen molar-refractivity contribution in [3.63, 3.8) is 0 Å². The van der Waals surface area contributed by atoms with Crippen LogP contribution in [0, 0.1) is 11.6 Å². The number of rotatable bonds is 2. The SMILES string of the molecule is OC(c1ccc(F)cc1)c1cc2cccc(F)c2o1. The first-order valence-electron chi connectivity index (χ1n) is 5.76. The number of aliphatic hydroxyl groups is 1. The predicted octanol–water partition coefficient (Wildman–Crippen LogP) is 3.79. The van der Waals surface area contributed by atoms with Gasteiger partial charge in [0.05, 0.1) is 0 Å². The summed E-state index contributed by atoms with van der Waals surface area (Å²) < 4.78 is 31.6. The molecule has 96 valence electrons. The van der Waals surface area contributed by atoms with Crippen LogP contribution in [0.25, 0.3) is 11.0 Å². The van der Waals surface area contributed by atoms with E-state index in [1.54, 1.807) is 18.2 Å². The van der Waals surface area contributed by atoms with Gasteiger partial charge in [-0.3, -0.25) is 0 Å². The second kappa shape index (κ2) is 4.48. The van der Waals surface area contributed by atoms with Crippen molar-refractivity contribution in [2.75, 3.05) is 0 Å². The molecule has 0 spiro atoms. The molecule has 1 aromatic heterocycles. The lowest BCUT2D eigenvalue weighted by Crippen LogP contribution is -1.97. The van der Waals surface area contributed by atoms with Gasteiger partial charge in [-0.25, -0.2) is 8.78 Å². The molecule has 1 atom stereocenters. The Balaban J connectivity index is 2.04. The molecule has 4 heteroatoms. The Morgan fingerprint density at radius 3 is 2.42 bits per heavy atom. The molecule has 0 fully saturated rings. The van der Waals surface area contributed by atoms with Crippen LogP contribution in [-0.2, 0) is 0 Å². The van der Waals surface area contributed by atoms with E-state index in [-0.39, 0.29) is 17.2 Å². The summed E-state index contributed by atoms with van der Waals surface area (Å²) in [4.78, 5) is 0. The molecule has 0 bridgehead atoms. The molecule has 1 heterocycles. The molecule has 1 N–H and O–H groups in total. The Kier molecular flexibility index (Phi) is 2.80. The molecule has 0 saturated carbocycles. The highest BCUT2D eigenvalue weighted by Crippen LogP contribution is 2.29. The molecule has 0 aliphatic heterocycles. The molecule has 2 aromatic carbocycles. The van der Waals surface area contributed by atoms with E-state index >= 15 is 0 Å². The lowest BCUT2D eigenvalue weighted by molar-refractivity contribution is 0.192. The minimum atomic E-state index is -1.05. The summed E-state index contributed by atoms with van der Waals surface area (Å²) >= 11 is 0. The maximum Gasteiger partial charge on any atom is 0.170 e. The number of para-hydroxylation sites is 1. The minimum Gasteiger partial charge on any atom is -0.455 e. The molecule has 1 unspecified atom stereocenters. The number of hydrogen-bond donors (Lipinski definition) is 1. The summed E-state index contributed by atoms with van der Waals surface area (Å²) in [6.07, 6.45) is -1.05. The Hall–Kier alpha value is -2.20. The number of hydrogen-bond acceptors (Lipinski definition) is 2. The van der Waals surface area contributed by atoms with Crippen LogP contribution in [0.15, 0.2) is 52.9 Å². The molecule has 3 rings (SSSR count). The van der Waals surface area contributed by atoms with Gasteiger partial charge in [0.25, 0.3) is 0 Å². The van der Waals surface area contributed by atoms with Gasteiger partial charge in [0, 0.05) is 5.39 Å². The second-order valence-electron chi connectivity index (χ2n) is 4.26. The van der Waals surface area contributed by atoms with E-state index in [9.17, 15) is 13.9 Å². The van der Waals surface area contributed by atoms with E-state index in [2.05, 4.69) is 0 Å². The number of benzene rings is 2. The van der Waals surface area contributed by atoms with Crippen molar-refractivity contribution in [1.82, 2.24) is 0 Å². The molecular weight excluding hydrogens is 250 g/mol. The summed E-state index contributed by atoms with van der Waals surface area (Å²) in [5.41, 5.74) is 0.597. The summed E-state index contributed by atoms with van der Waals surface area (Å²) in [5.74, 6) is -0.631. The van der Waals surface area contributed by atoms with Gasteiger partial charge in [0.15, 0.2) is 11.4 Å². The van der Waals surface area contributed by atoms with Crippen molar-refractivity contribution >= 4 is 11.0 Å². The van der Waals surface area contributed by atoms with Crippen LogP contribution in [-0.4, -0.2) is 5.11 Å². The van der Waals surface area contributed by atoms with Crippen molar-refractivity contribution in [2.45, 2.75) is 6.10 Å². The molecule has 0 amide bonds. The largest absolute Gasteiger partial charge is 0.455 e. The Bertz CT molecular complexity index is 717. The highest BCUT2D eigenvalue weighted by molar-refractivity contribution is 5.78. The summed E-state index contributed by atoms with van der Waals surface area (Å²) in [6.45, 7) is 0. The van der Waals surface area contributed by atoms with Crippen LogP contribution in [0.4, 0.5) is 8.78 Å². The van der Waals surface area contributed by atoms with E-state index in [0.29, 0.717) is 10.9 Å². The predicted molar refractivity (Wildman–Crippen MR) is 66.6 cm³/mol. The van der Waals surface area contributed by atoms with Gasteiger partial charge >= 0.3 is 0 Å². The van der Waals surface area contributed by atoms with Gasteiger partial charge in [-0.1, -0.05) is 24.3 Å². The van der Waals surface area contributed by atoms with Crippen LogP contribution in [0.5, 0.6) is 0 Å². The van der Waals surface area contributed by atoms with Crippen molar-refractivity contribution in [2.24, 2.45) is 0 Å². The van der Waals surface area contributed by atoms with Gasteiger partial charge < -0.3 is 9.52 Å². The lowest BCUT2D eigenvalue weighted by atomic mass is 10.1. The third-order valence-corrected chi connectivity index (χ3v) is 2.97. The zero-order valence-electron chi connectivity index (χ0n) is 9.81. The van der Waals surface area contributed by atoms with Crippen molar-refractivity contribution in [3.8, 4) is 0 Å². The summed E-state index contributed by atoms with van der Waals surface area (Å²) in [7, 11) is 0. The van der Waals surface area contributed by atoms with Crippen LogP contribution in [0.3, 0.4) is 0 Å². The van der Waals surface area contributed by atoms with Crippen LogP contribution < -0.4 is 0 Å². The fraction of sp³-hybridized carbons (Fsp3) is 0.0667. The standard InChI is InChI=1S/C15H10F2O2/c16-11-6-4-9(5-7-11)14(18)13-8-10-2-1-3-12(17)15(10)19-13/h1-8,14,18H. The zero-order valence-corrected chi connectivity index (χ0v) is 9.81. The molecule has 2 nitrogen and oxygen atoms in total. The van der Waals surface area contributed by atoms with Crippen LogP contribution in [0.2, 0.25) is 0 Å². The topological polar surface area (TPSA) is 33.4 Å². The number of aliphatic hydroxyl groups excluding tert-OH is 1. The van der Waals surface area contributed by atoms with Crippen molar-refractivity contribution in [1.29, 1.82) is 0 Å². The van der Waals surface area contributed by atoms with Gasteiger partial charge in [-0.05, 0) is 29.8 Å². The van der Waals surface area contributed by atoms with Crippen molar-refractivity contribution in [3.05, 3.63) is 71.5 Å². The lowest BCUT2D eigenvalue weighted by Gasteiger charge is -2.07. The average Bonchev–Trinajstić information content (AvgIpc) is 2.84. The number of halogens is 2. The molecule has 0 aliphatic carbocycles. The Labute approximate surface area is 107 Å².